The van der Waals surface area contributed by atoms with Gasteiger partial charge in [0, 0.05) is 16.5 Å². The van der Waals surface area contributed by atoms with Crippen LogP contribution in [-0.2, 0) is 16.5 Å². The van der Waals surface area contributed by atoms with Gasteiger partial charge in [-0.15, -0.1) is 0 Å². The zero-order valence-electron chi connectivity index (χ0n) is 0.816. The normalized spacial score (nSPS) is 0. The van der Waals surface area contributed by atoms with Crippen molar-refractivity contribution in [3.8, 4) is 0 Å². The fraction of sp³-hybridized carbons (Fsp3) is 0. The largest absolute Gasteiger partial charge is 0 e. The zero-order valence-corrected chi connectivity index (χ0v) is 1.80. The van der Waals surface area contributed by atoms with Crippen molar-refractivity contribution in [2.45, 2.75) is 0 Å². The molecule has 0 saturated heterocycles. The Morgan fingerprint density at radius 3 is 0.800 bits per heavy atom. The molecule has 0 bridgehead atoms. The van der Waals surface area contributed by atoms with E-state index in [0.717, 1.165) is 0 Å². The van der Waals surface area contributed by atoms with Crippen molar-refractivity contribution in [3.63, 3.8) is 0 Å². The third-order valence-corrected chi connectivity index (χ3v) is 0. The average Bonchev–Trinajstić information content (AvgIpc) is 0. The van der Waals surface area contributed by atoms with Crippen LogP contribution >= 0.6 is 0 Å². The molecule has 0 aliphatic heterocycles. The van der Waals surface area contributed by atoms with Gasteiger partial charge in [-0.1, -0.05) is 0 Å². The van der Waals surface area contributed by atoms with Crippen molar-refractivity contribution in [1.82, 2.24) is 0 Å². The van der Waals surface area contributed by atoms with Gasteiger partial charge in [0.05, 0.1) is 0 Å². The molecule has 5 heteroatoms. The minimum absolute atomic E-state index is 0. The molecule has 0 aliphatic carbocycles. The molecule has 0 spiro atoms. The minimum atomic E-state index is 0. The molecule has 0 aromatic carbocycles. The van der Waals surface area contributed by atoms with Gasteiger partial charge in [-0.3, -0.25) is 0 Å². The maximum absolute atomic E-state index is 0. The molecule has 0 heterocycles. The van der Waals surface area contributed by atoms with Crippen LogP contribution in [0.3, 0.4) is 0 Å². The molecular weight excluding hydrogens is 160 g/mol. The Kier molecular flexibility index (Phi) is 173. The molecule has 24 valence electrons. The summed E-state index contributed by atoms with van der Waals surface area (Å²) in [5.74, 6) is 0. The van der Waals surface area contributed by atoms with Gasteiger partial charge in [-0.2, -0.15) is 0 Å². The Morgan fingerprint density at radius 1 is 0.800 bits per heavy atom. The molecule has 0 amide bonds. The monoisotopic (exact) mass is 164 g/mol. The van der Waals surface area contributed by atoms with Gasteiger partial charge in [0.25, 0.3) is 0 Å². The summed E-state index contributed by atoms with van der Waals surface area (Å²) in [6.45, 7) is 0. The first-order valence-electron chi connectivity index (χ1n) is 0. The molecule has 0 aromatic rings. The maximum atomic E-state index is 0. The molecule has 0 aliphatic rings. The molecule has 5 heavy (non-hydrogen) atoms. The van der Waals surface area contributed by atoms with Crippen LogP contribution in [0.15, 0.2) is 0 Å². The Bertz CT molecular complexity index is 9.61. The molecule has 0 radical (unpaired) electrons. The van der Waals surface area contributed by atoms with Crippen molar-refractivity contribution in [1.29, 1.82) is 0 Å². The van der Waals surface area contributed by atoms with E-state index in [2.05, 4.69) is 0 Å². The van der Waals surface area contributed by atoms with Crippen LogP contribution < -0.4 is 0 Å². The van der Waals surface area contributed by atoms with Crippen LogP contribution in [0.5, 0.6) is 0 Å². The summed E-state index contributed by atoms with van der Waals surface area (Å²) in [6.07, 6.45) is 0. The first kappa shape index (κ1) is 35.6. The minimum Gasteiger partial charge on any atom is 0 e. The van der Waals surface area contributed by atoms with Crippen molar-refractivity contribution < 1.29 is 22.0 Å². The van der Waals surface area contributed by atoms with Gasteiger partial charge in [0.1, 0.15) is 0 Å². The standard InChI is InChI=1S/K.2Na.Ni.H2O.3H/h;;;;1H2;;;. The van der Waals surface area contributed by atoms with E-state index < -0.39 is 0 Å². The third-order valence-electron chi connectivity index (χ3n) is 0. The molecule has 0 atom stereocenters. The van der Waals surface area contributed by atoms with Gasteiger partial charge >= 0.3 is 110 Å². The van der Waals surface area contributed by atoms with Crippen molar-refractivity contribution in [2.75, 3.05) is 0 Å². The first-order valence-corrected chi connectivity index (χ1v) is 0. The van der Waals surface area contributed by atoms with E-state index >= 15 is 0 Å². The average molecular weight is 165 g/mol. The van der Waals surface area contributed by atoms with Crippen LogP contribution in [0, 0.1) is 0 Å². The molecular formula is H5KNa2NiO. The second kappa shape index (κ2) is 24.3. The first-order chi connectivity index (χ1) is 0. The van der Waals surface area contributed by atoms with Crippen LogP contribution in [-0.4, -0.2) is 116 Å². The van der Waals surface area contributed by atoms with E-state index in [-0.39, 0.29) is 132 Å². The van der Waals surface area contributed by atoms with Crippen molar-refractivity contribution in [2.24, 2.45) is 0 Å². The third kappa shape index (κ3) is 17.9. The Balaban J connectivity index is 0. The fourth-order valence-electron chi connectivity index (χ4n) is 0. The van der Waals surface area contributed by atoms with Crippen LogP contribution in [0.1, 0.15) is 0 Å². The topological polar surface area (TPSA) is 31.5 Å². The molecule has 0 unspecified atom stereocenters. The molecule has 0 rings (SSSR count). The van der Waals surface area contributed by atoms with E-state index in [0.29, 0.717) is 0 Å². The second-order valence-electron chi connectivity index (χ2n) is 0. The van der Waals surface area contributed by atoms with Crippen molar-refractivity contribution >= 4 is 110 Å². The molecule has 0 fully saturated rings. The van der Waals surface area contributed by atoms with Crippen LogP contribution in [0.25, 0.3) is 0 Å². The van der Waals surface area contributed by atoms with E-state index in [9.17, 15) is 0 Å². The summed E-state index contributed by atoms with van der Waals surface area (Å²) in [5, 5.41) is 0. The van der Waals surface area contributed by atoms with Gasteiger partial charge in [-0.25, -0.2) is 0 Å². The van der Waals surface area contributed by atoms with E-state index in [1.165, 1.54) is 0 Å². The fourth-order valence-corrected chi connectivity index (χ4v) is 0. The summed E-state index contributed by atoms with van der Waals surface area (Å²) in [5.41, 5.74) is 0. The van der Waals surface area contributed by atoms with Crippen LogP contribution in [0.2, 0.25) is 0 Å². The van der Waals surface area contributed by atoms with E-state index in [1.807, 2.05) is 0 Å². The summed E-state index contributed by atoms with van der Waals surface area (Å²) in [6, 6.07) is 0. The summed E-state index contributed by atoms with van der Waals surface area (Å²) < 4.78 is 0. The summed E-state index contributed by atoms with van der Waals surface area (Å²) >= 11 is 0. The Morgan fingerprint density at radius 2 is 0.800 bits per heavy atom. The Labute approximate surface area is 129 Å². The number of hydrogen-bond acceptors (Lipinski definition) is 0. The van der Waals surface area contributed by atoms with Crippen molar-refractivity contribution in [3.05, 3.63) is 0 Å². The molecule has 0 saturated carbocycles. The van der Waals surface area contributed by atoms with Gasteiger partial charge in [0.2, 0.25) is 0 Å². The summed E-state index contributed by atoms with van der Waals surface area (Å²) in [7, 11) is 0. The smallest absolute Gasteiger partial charge is 0 e. The maximum Gasteiger partial charge on any atom is 0 e. The number of rotatable bonds is 0. The van der Waals surface area contributed by atoms with E-state index in [4.69, 9.17) is 0 Å². The SMILES string of the molecule is O.[KH].[NaH].[NaH].[Ni]. The van der Waals surface area contributed by atoms with Gasteiger partial charge in [-0.05, 0) is 0 Å². The molecule has 1 nitrogen and oxygen atoms in total. The molecule has 0 aromatic heterocycles. The molecule has 2 N–H and O–H groups in total. The Hall–Kier alpha value is 4.09. The zero-order chi connectivity index (χ0) is 0. The number of hydrogen-bond donors (Lipinski definition) is 0. The van der Waals surface area contributed by atoms with Gasteiger partial charge in [0.15, 0.2) is 0 Å². The van der Waals surface area contributed by atoms with Crippen LogP contribution in [0.4, 0.5) is 0 Å². The quantitative estimate of drug-likeness (QED) is 0.348. The predicted octanol–water partition coefficient (Wildman–Crippen LogP) is -2.77. The second-order valence-corrected chi connectivity index (χ2v) is 0. The predicted molar refractivity (Wildman–Crippen MR) is 25.1 cm³/mol. The van der Waals surface area contributed by atoms with E-state index in [1.54, 1.807) is 0 Å². The summed E-state index contributed by atoms with van der Waals surface area (Å²) in [4.78, 5) is 0. The van der Waals surface area contributed by atoms with Gasteiger partial charge < -0.3 is 5.48 Å².